The minimum Gasteiger partial charge on any atom is -0.315 e. The van der Waals surface area contributed by atoms with Crippen LogP contribution in [-0.2, 0) is 6.54 Å². The van der Waals surface area contributed by atoms with E-state index in [-0.39, 0.29) is 5.82 Å². The Balaban J connectivity index is 1.84. The van der Waals surface area contributed by atoms with Gasteiger partial charge >= 0.3 is 0 Å². The van der Waals surface area contributed by atoms with Crippen LogP contribution in [-0.4, -0.2) is 31.6 Å². The number of benzene rings is 1. The van der Waals surface area contributed by atoms with Crippen LogP contribution in [0.1, 0.15) is 18.7 Å². The Morgan fingerprint density at radius 2 is 2.10 bits per heavy atom. The zero-order valence-electron chi connectivity index (χ0n) is 12.4. The van der Waals surface area contributed by atoms with Crippen LogP contribution in [0, 0.1) is 11.7 Å². The van der Waals surface area contributed by atoms with Crippen LogP contribution in [0.4, 0.5) is 4.39 Å². The summed E-state index contributed by atoms with van der Waals surface area (Å²) in [7, 11) is 2.13. The number of hydrogen-bond acceptors (Lipinski definition) is 3. The minimum absolute atomic E-state index is 0.159. The van der Waals surface area contributed by atoms with Gasteiger partial charge in [0.05, 0.1) is 0 Å². The lowest BCUT2D eigenvalue weighted by Gasteiger charge is -2.16. The summed E-state index contributed by atoms with van der Waals surface area (Å²) in [5, 5.41) is 4.46. The first kappa shape index (κ1) is 15.4. The summed E-state index contributed by atoms with van der Waals surface area (Å²) in [6, 6.07) is 7.10. The first-order valence-electron chi connectivity index (χ1n) is 7.12. The molecule has 0 amide bonds. The fourth-order valence-electron chi connectivity index (χ4n) is 2.15. The number of halogens is 1. The standard InChI is InChI=1S/C16H23FN2S/c1-12(2)10-18-6-7-19(3)11-15-9-13-8-14(17)4-5-16(13)20-15/h4-5,8-9,12,18H,6-7,10-11H2,1-3H3. The third-order valence-electron chi connectivity index (χ3n) is 3.18. The molecule has 0 fully saturated rings. The Hall–Kier alpha value is -0.970. The van der Waals surface area contributed by atoms with E-state index in [1.54, 1.807) is 17.4 Å². The first-order valence-corrected chi connectivity index (χ1v) is 7.93. The normalized spacial score (nSPS) is 11.9. The number of hydrogen-bond donors (Lipinski definition) is 1. The molecule has 110 valence electrons. The number of fused-ring (bicyclic) bond motifs is 1. The van der Waals surface area contributed by atoms with E-state index in [4.69, 9.17) is 0 Å². The van der Waals surface area contributed by atoms with Crippen molar-refractivity contribution in [2.24, 2.45) is 5.92 Å². The highest BCUT2D eigenvalue weighted by molar-refractivity contribution is 7.19. The fourth-order valence-corrected chi connectivity index (χ4v) is 3.28. The third-order valence-corrected chi connectivity index (χ3v) is 4.28. The highest BCUT2D eigenvalue weighted by Gasteiger charge is 2.06. The molecular formula is C16H23FN2S. The molecule has 2 nitrogen and oxygen atoms in total. The Morgan fingerprint density at radius 1 is 1.30 bits per heavy atom. The van der Waals surface area contributed by atoms with Gasteiger partial charge in [0.1, 0.15) is 5.82 Å². The molecule has 0 saturated carbocycles. The molecule has 1 aromatic heterocycles. The lowest BCUT2D eigenvalue weighted by Crippen LogP contribution is -2.30. The van der Waals surface area contributed by atoms with Gasteiger partial charge in [-0.25, -0.2) is 4.39 Å². The topological polar surface area (TPSA) is 15.3 Å². The van der Waals surface area contributed by atoms with Crippen molar-refractivity contribution >= 4 is 21.4 Å². The Morgan fingerprint density at radius 3 is 2.85 bits per heavy atom. The van der Waals surface area contributed by atoms with Gasteiger partial charge in [-0.05, 0) is 49.2 Å². The fraction of sp³-hybridized carbons (Fsp3) is 0.500. The maximum atomic E-state index is 13.2. The average Bonchev–Trinajstić information content (AvgIpc) is 2.75. The van der Waals surface area contributed by atoms with Crippen LogP contribution in [0.5, 0.6) is 0 Å². The van der Waals surface area contributed by atoms with E-state index in [2.05, 4.69) is 37.2 Å². The van der Waals surface area contributed by atoms with Crippen LogP contribution in [0.15, 0.2) is 24.3 Å². The summed E-state index contributed by atoms with van der Waals surface area (Å²) in [4.78, 5) is 3.59. The highest BCUT2D eigenvalue weighted by atomic mass is 32.1. The zero-order chi connectivity index (χ0) is 14.5. The molecule has 20 heavy (non-hydrogen) atoms. The SMILES string of the molecule is CC(C)CNCCN(C)Cc1cc2cc(F)ccc2s1. The van der Waals surface area contributed by atoms with E-state index in [1.807, 2.05) is 6.07 Å². The second-order valence-corrected chi connectivity index (χ2v) is 6.90. The predicted octanol–water partition coefficient (Wildman–Crippen LogP) is 3.72. The molecule has 2 rings (SSSR count). The molecule has 2 aromatic rings. The number of thiophene rings is 1. The summed E-state index contributed by atoms with van der Waals surface area (Å²) in [6.45, 7) is 8.45. The monoisotopic (exact) mass is 294 g/mol. The first-order chi connectivity index (χ1) is 9.54. The summed E-state index contributed by atoms with van der Waals surface area (Å²) in [6.07, 6.45) is 0. The molecule has 4 heteroatoms. The van der Waals surface area contributed by atoms with Crippen molar-refractivity contribution in [3.05, 3.63) is 35.0 Å². The van der Waals surface area contributed by atoms with E-state index in [0.29, 0.717) is 5.92 Å². The van der Waals surface area contributed by atoms with Gasteiger partial charge in [-0.2, -0.15) is 0 Å². The Labute approximate surface area is 124 Å². The Bertz CT molecular complexity index is 550. The van der Waals surface area contributed by atoms with Gasteiger partial charge in [0.2, 0.25) is 0 Å². The molecule has 1 heterocycles. The maximum absolute atomic E-state index is 13.2. The molecule has 1 aromatic carbocycles. The summed E-state index contributed by atoms with van der Waals surface area (Å²) in [5.41, 5.74) is 0. The van der Waals surface area contributed by atoms with Crippen molar-refractivity contribution in [3.8, 4) is 0 Å². The summed E-state index contributed by atoms with van der Waals surface area (Å²) in [5.74, 6) is 0.533. The largest absolute Gasteiger partial charge is 0.315 e. The number of nitrogens with one attached hydrogen (secondary N) is 1. The molecule has 0 aliphatic heterocycles. The summed E-state index contributed by atoms with van der Waals surface area (Å²) < 4.78 is 14.3. The van der Waals surface area contributed by atoms with E-state index >= 15 is 0 Å². The lowest BCUT2D eigenvalue weighted by molar-refractivity contribution is 0.324. The van der Waals surface area contributed by atoms with Crippen LogP contribution < -0.4 is 5.32 Å². The van der Waals surface area contributed by atoms with Crippen molar-refractivity contribution in [1.29, 1.82) is 0 Å². The molecule has 0 saturated heterocycles. The van der Waals surface area contributed by atoms with Gasteiger partial charge in [0.15, 0.2) is 0 Å². The molecule has 0 atom stereocenters. The predicted molar refractivity (Wildman–Crippen MR) is 85.8 cm³/mol. The van der Waals surface area contributed by atoms with E-state index < -0.39 is 0 Å². The van der Waals surface area contributed by atoms with Crippen molar-refractivity contribution < 1.29 is 4.39 Å². The van der Waals surface area contributed by atoms with Crippen LogP contribution in [0.25, 0.3) is 10.1 Å². The van der Waals surface area contributed by atoms with E-state index in [1.165, 1.54) is 10.9 Å². The molecular weight excluding hydrogens is 271 g/mol. The van der Waals surface area contributed by atoms with Crippen LogP contribution in [0.3, 0.4) is 0 Å². The van der Waals surface area contributed by atoms with E-state index in [9.17, 15) is 4.39 Å². The second-order valence-electron chi connectivity index (χ2n) is 5.73. The molecule has 0 bridgehead atoms. The van der Waals surface area contributed by atoms with Crippen molar-refractivity contribution in [1.82, 2.24) is 10.2 Å². The minimum atomic E-state index is -0.159. The molecule has 0 radical (unpaired) electrons. The maximum Gasteiger partial charge on any atom is 0.123 e. The molecule has 0 unspecified atom stereocenters. The second kappa shape index (κ2) is 7.16. The summed E-state index contributed by atoms with van der Waals surface area (Å²) >= 11 is 1.75. The molecule has 0 aliphatic carbocycles. The van der Waals surface area contributed by atoms with Crippen molar-refractivity contribution in [2.75, 3.05) is 26.7 Å². The van der Waals surface area contributed by atoms with Gasteiger partial charge in [-0.1, -0.05) is 13.8 Å². The van der Waals surface area contributed by atoms with Gasteiger partial charge in [-0.3, -0.25) is 0 Å². The number of nitrogens with zero attached hydrogens (tertiary/aromatic N) is 1. The number of rotatable bonds is 7. The third kappa shape index (κ3) is 4.54. The quantitative estimate of drug-likeness (QED) is 0.783. The van der Waals surface area contributed by atoms with Crippen LogP contribution in [0.2, 0.25) is 0 Å². The van der Waals surface area contributed by atoms with Crippen molar-refractivity contribution in [3.63, 3.8) is 0 Å². The number of likely N-dealkylation sites (N-methyl/N-ethyl adjacent to an activating group) is 1. The Kier molecular flexibility index (Phi) is 5.52. The lowest BCUT2D eigenvalue weighted by atomic mass is 10.2. The van der Waals surface area contributed by atoms with Crippen LogP contribution >= 0.6 is 11.3 Å². The smallest absolute Gasteiger partial charge is 0.123 e. The van der Waals surface area contributed by atoms with Gasteiger partial charge < -0.3 is 10.2 Å². The molecule has 1 N–H and O–H groups in total. The van der Waals surface area contributed by atoms with Gasteiger partial charge in [-0.15, -0.1) is 11.3 Å². The van der Waals surface area contributed by atoms with Crippen molar-refractivity contribution in [2.45, 2.75) is 20.4 Å². The van der Waals surface area contributed by atoms with Gasteiger partial charge in [0.25, 0.3) is 0 Å². The zero-order valence-corrected chi connectivity index (χ0v) is 13.3. The average molecular weight is 294 g/mol. The molecule has 0 spiro atoms. The van der Waals surface area contributed by atoms with E-state index in [0.717, 1.165) is 36.3 Å². The van der Waals surface area contributed by atoms with Gasteiger partial charge in [0, 0.05) is 29.2 Å². The highest BCUT2D eigenvalue weighted by Crippen LogP contribution is 2.26. The molecule has 0 aliphatic rings.